The summed E-state index contributed by atoms with van der Waals surface area (Å²) in [6.07, 6.45) is 4.23. The zero-order chi connectivity index (χ0) is 11.0. The number of carboxylic acids is 1. The minimum Gasteiger partial charge on any atom is -0.480 e. The summed E-state index contributed by atoms with van der Waals surface area (Å²) in [7, 11) is 0. The molecule has 2 aromatic heterocycles. The number of nitrogens with two attached hydrogens (primary N) is 1. The molecule has 2 rings (SSSR count). The molecule has 2 aromatic rings. The highest BCUT2D eigenvalue weighted by atomic mass is 35.5. The van der Waals surface area contributed by atoms with E-state index in [2.05, 4.69) is 9.97 Å². The van der Waals surface area contributed by atoms with E-state index in [4.69, 9.17) is 22.4 Å². The summed E-state index contributed by atoms with van der Waals surface area (Å²) < 4.78 is 1.46. The van der Waals surface area contributed by atoms with Crippen molar-refractivity contribution < 1.29 is 9.90 Å². The van der Waals surface area contributed by atoms with Crippen LogP contribution in [0.1, 0.15) is 11.7 Å². The molecule has 0 saturated heterocycles. The van der Waals surface area contributed by atoms with Gasteiger partial charge in [0.05, 0.1) is 18.1 Å². The fraction of sp³-hybridized carbons (Fsp3) is 0.125. The SMILES string of the molecule is NC(C(=O)O)c1cnc2c(Cl)cncn12. The Kier molecular flexibility index (Phi) is 2.29. The molecule has 0 aliphatic heterocycles. The van der Waals surface area contributed by atoms with Crippen molar-refractivity contribution in [3.63, 3.8) is 0 Å². The second-order valence-corrected chi connectivity index (χ2v) is 3.34. The molecule has 0 spiro atoms. The number of fused-ring (bicyclic) bond motifs is 1. The van der Waals surface area contributed by atoms with Gasteiger partial charge in [-0.05, 0) is 0 Å². The number of carbonyl (C=O) groups is 1. The van der Waals surface area contributed by atoms with Gasteiger partial charge in [0.2, 0.25) is 0 Å². The average molecular weight is 227 g/mol. The molecule has 0 radical (unpaired) electrons. The van der Waals surface area contributed by atoms with E-state index in [1.165, 1.54) is 23.1 Å². The van der Waals surface area contributed by atoms with Crippen LogP contribution in [-0.4, -0.2) is 25.4 Å². The lowest BCUT2D eigenvalue weighted by Gasteiger charge is -2.05. The van der Waals surface area contributed by atoms with Crippen molar-refractivity contribution in [2.24, 2.45) is 5.73 Å². The molecule has 1 atom stereocenters. The Balaban J connectivity index is 2.64. The number of carboxylic acid groups (broad SMARTS) is 1. The van der Waals surface area contributed by atoms with Gasteiger partial charge in [0.25, 0.3) is 0 Å². The molecule has 78 valence electrons. The maximum absolute atomic E-state index is 10.7. The Morgan fingerprint density at radius 1 is 1.60 bits per heavy atom. The molecule has 15 heavy (non-hydrogen) atoms. The maximum Gasteiger partial charge on any atom is 0.326 e. The van der Waals surface area contributed by atoms with Crippen molar-refractivity contribution in [1.29, 1.82) is 0 Å². The number of aliphatic carboxylic acids is 1. The third kappa shape index (κ3) is 1.53. The van der Waals surface area contributed by atoms with Crippen molar-refractivity contribution in [2.45, 2.75) is 6.04 Å². The van der Waals surface area contributed by atoms with E-state index in [0.717, 1.165) is 0 Å². The molecule has 0 fully saturated rings. The molecule has 2 heterocycles. The Morgan fingerprint density at radius 3 is 3.00 bits per heavy atom. The van der Waals surface area contributed by atoms with Gasteiger partial charge in [0, 0.05) is 0 Å². The van der Waals surface area contributed by atoms with E-state index in [1.54, 1.807) is 0 Å². The van der Waals surface area contributed by atoms with E-state index in [1.807, 2.05) is 0 Å². The minimum atomic E-state index is -1.14. The summed E-state index contributed by atoms with van der Waals surface area (Å²) >= 11 is 5.82. The first kappa shape index (κ1) is 9.88. The van der Waals surface area contributed by atoms with Gasteiger partial charge >= 0.3 is 5.97 Å². The molecule has 6 nitrogen and oxygen atoms in total. The molecular formula is C8H7ClN4O2. The van der Waals surface area contributed by atoms with Crippen LogP contribution in [0.15, 0.2) is 18.7 Å². The number of hydrogen-bond donors (Lipinski definition) is 2. The van der Waals surface area contributed by atoms with E-state index >= 15 is 0 Å². The molecule has 0 aliphatic carbocycles. The lowest BCUT2D eigenvalue weighted by molar-refractivity contribution is -0.138. The molecular weight excluding hydrogens is 220 g/mol. The Hall–Kier alpha value is -1.66. The van der Waals surface area contributed by atoms with Crippen LogP contribution in [0.3, 0.4) is 0 Å². The second-order valence-electron chi connectivity index (χ2n) is 2.93. The lowest BCUT2D eigenvalue weighted by atomic mass is 10.2. The highest BCUT2D eigenvalue weighted by molar-refractivity contribution is 6.33. The van der Waals surface area contributed by atoms with Gasteiger partial charge in [-0.1, -0.05) is 11.6 Å². The van der Waals surface area contributed by atoms with Crippen LogP contribution in [0.4, 0.5) is 0 Å². The number of hydrogen-bond acceptors (Lipinski definition) is 4. The van der Waals surface area contributed by atoms with Crippen LogP contribution >= 0.6 is 11.6 Å². The monoisotopic (exact) mass is 226 g/mol. The normalized spacial score (nSPS) is 12.9. The predicted molar refractivity (Wildman–Crippen MR) is 52.6 cm³/mol. The smallest absolute Gasteiger partial charge is 0.326 e. The number of nitrogens with zero attached hydrogens (tertiary/aromatic N) is 3. The largest absolute Gasteiger partial charge is 0.480 e. The zero-order valence-electron chi connectivity index (χ0n) is 7.46. The molecule has 0 saturated carbocycles. The van der Waals surface area contributed by atoms with Crippen molar-refractivity contribution in [3.05, 3.63) is 29.4 Å². The van der Waals surface area contributed by atoms with Crippen molar-refractivity contribution in [2.75, 3.05) is 0 Å². The Bertz CT molecular complexity index is 524. The van der Waals surface area contributed by atoms with Crippen LogP contribution in [0.25, 0.3) is 5.65 Å². The summed E-state index contributed by atoms with van der Waals surface area (Å²) in [5, 5.41) is 9.11. The van der Waals surface area contributed by atoms with Crippen LogP contribution in [-0.2, 0) is 4.79 Å². The molecule has 0 aromatic carbocycles. The van der Waals surface area contributed by atoms with Gasteiger partial charge in [-0.3, -0.25) is 9.20 Å². The lowest BCUT2D eigenvalue weighted by Crippen LogP contribution is -2.22. The van der Waals surface area contributed by atoms with Crippen molar-refractivity contribution in [1.82, 2.24) is 14.4 Å². The Labute approximate surface area is 89.3 Å². The summed E-state index contributed by atoms with van der Waals surface area (Å²) in [4.78, 5) is 18.5. The fourth-order valence-corrected chi connectivity index (χ4v) is 1.45. The Morgan fingerprint density at radius 2 is 2.33 bits per heavy atom. The number of rotatable bonds is 2. The highest BCUT2D eigenvalue weighted by Crippen LogP contribution is 2.18. The van der Waals surface area contributed by atoms with Gasteiger partial charge in [-0.25, -0.2) is 9.97 Å². The summed E-state index contributed by atoms with van der Waals surface area (Å²) in [6, 6.07) is -1.14. The van der Waals surface area contributed by atoms with Crippen LogP contribution in [0.2, 0.25) is 5.02 Å². The van der Waals surface area contributed by atoms with Gasteiger partial charge in [-0.15, -0.1) is 0 Å². The molecule has 0 amide bonds. The van der Waals surface area contributed by atoms with Crippen molar-refractivity contribution in [3.8, 4) is 0 Å². The van der Waals surface area contributed by atoms with Gasteiger partial charge in [0.15, 0.2) is 5.65 Å². The minimum absolute atomic E-state index is 0.340. The summed E-state index contributed by atoms with van der Waals surface area (Å²) in [6.45, 7) is 0. The first-order chi connectivity index (χ1) is 7.11. The van der Waals surface area contributed by atoms with Gasteiger partial charge < -0.3 is 10.8 Å². The van der Waals surface area contributed by atoms with E-state index in [-0.39, 0.29) is 0 Å². The van der Waals surface area contributed by atoms with E-state index in [9.17, 15) is 4.79 Å². The highest BCUT2D eigenvalue weighted by Gasteiger charge is 2.19. The summed E-state index contributed by atoms with van der Waals surface area (Å²) in [5.74, 6) is -1.13. The topological polar surface area (TPSA) is 93.5 Å². The summed E-state index contributed by atoms with van der Waals surface area (Å²) in [5.41, 5.74) is 6.25. The molecule has 1 unspecified atom stereocenters. The first-order valence-electron chi connectivity index (χ1n) is 4.06. The fourth-order valence-electron chi connectivity index (χ4n) is 1.25. The number of halogens is 1. The second kappa shape index (κ2) is 3.48. The molecule has 0 aliphatic rings. The maximum atomic E-state index is 10.7. The third-order valence-electron chi connectivity index (χ3n) is 1.99. The number of imidazole rings is 1. The third-order valence-corrected chi connectivity index (χ3v) is 2.26. The number of aromatic nitrogens is 3. The van der Waals surface area contributed by atoms with Crippen LogP contribution < -0.4 is 5.73 Å². The van der Waals surface area contributed by atoms with Crippen LogP contribution in [0, 0.1) is 0 Å². The molecule has 3 N–H and O–H groups in total. The predicted octanol–water partition coefficient (Wildman–Crippen LogP) is 0.467. The first-order valence-corrected chi connectivity index (χ1v) is 4.44. The van der Waals surface area contributed by atoms with Crippen molar-refractivity contribution >= 4 is 23.2 Å². The van der Waals surface area contributed by atoms with Gasteiger partial charge in [-0.2, -0.15) is 0 Å². The van der Waals surface area contributed by atoms with E-state index in [0.29, 0.717) is 16.4 Å². The quantitative estimate of drug-likeness (QED) is 0.776. The standard InChI is InChI=1S/C8H7ClN4O2/c9-4-1-11-3-13-5(2-12-7(4)13)6(10)8(14)15/h1-3,6H,10H2,(H,14,15). The van der Waals surface area contributed by atoms with E-state index < -0.39 is 12.0 Å². The van der Waals surface area contributed by atoms with Crippen LogP contribution in [0.5, 0.6) is 0 Å². The van der Waals surface area contributed by atoms with Gasteiger partial charge in [0.1, 0.15) is 17.4 Å². The molecule has 0 bridgehead atoms. The average Bonchev–Trinajstić information content (AvgIpc) is 2.61. The zero-order valence-corrected chi connectivity index (χ0v) is 8.22. The molecule has 7 heteroatoms.